The van der Waals surface area contributed by atoms with Crippen LogP contribution in [0.1, 0.15) is 23.6 Å². The minimum Gasteiger partial charge on any atom is -0.370 e. The van der Waals surface area contributed by atoms with Crippen molar-refractivity contribution in [2.24, 2.45) is 0 Å². The highest BCUT2D eigenvalue weighted by Crippen LogP contribution is 2.33. The molecule has 6 rings (SSSR count). The number of hydrogen-bond donors (Lipinski definition) is 0. The van der Waals surface area contributed by atoms with Gasteiger partial charge in [-0.2, -0.15) is 5.26 Å². The average Bonchev–Trinajstić information content (AvgIpc) is 3.31. The fraction of sp³-hybridized carbons (Fsp3) is 0.448. The van der Waals surface area contributed by atoms with E-state index in [1.165, 1.54) is 0 Å². The molecule has 2 saturated heterocycles. The Bertz CT molecular complexity index is 1350. The molecule has 7 nitrogen and oxygen atoms in total. The van der Waals surface area contributed by atoms with Crippen LogP contribution in [0.3, 0.4) is 0 Å². The number of nitrogens with zero attached hydrogens (tertiary/aromatic N) is 6. The van der Waals surface area contributed by atoms with Gasteiger partial charge in [0.15, 0.2) is 0 Å². The molecule has 3 aromatic rings. The molecule has 0 aliphatic carbocycles. The molecule has 8 heteroatoms. The van der Waals surface area contributed by atoms with Gasteiger partial charge in [0.05, 0.1) is 23.3 Å². The van der Waals surface area contributed by atoms with Crippen LogP contribution in [0, 0.1) is 17.1 Å². The normalized spacial score (nSPS) is 22.9. The van der Waals surface area contributed by atoms with Crippen molar-refractivity contribution in [1.29, 1.82) is 5.26 Å². The first-order valence-corrected chi connectivity index (χ1v) is 13.1. The van der Waals surface area contributed by atoms with Crippen LogP contribution in [0.5, 0.6) is 0 Å². The number of aromatic nitrogens is 1. The maximum absolute atomic E-state index is 15.2. The second kappa shape index (κ2) is 9.90. The summed E-state index contributed by atoms with van der Waals surface area (Å²) in [6, 6.07) is 14.0. The van der Waals surface area contributed by atoms with Gasteiger partial charge in [-0.25, -0.2) is 4.39 Å². The molecule has 2 aromatic carbocycles. The number of pyridine rings is 1. The number of hydrogen-bond acceptors (Lipinski definition) is 7. The first kappa shape index (κ1) is 24.1. The van der Waals surface area contributed by atoms with Crippen LogP contribution in [-0.2, 0) is 17.8 Å². The van der Waals surface area contributed by atoms with Crippen LogP contribution >= 0.6 is 0 Å². The molecule has 0 radical (unpaired) electrons. The number of nitriles is 1. The summed E-state index contributed by atoms with van der Waals surface area (Å²) < 4.78 is 21.5. The molecule has 2 fully saturated rings. The SMILES string of the molecule is C[C@@H]1CN(c2ccc(C#N)c3ncccc23)C[C@H](CN2Cc3cc(N4CCN(C)CC4)cc(F)c3C2)O1. The van der Waals surface area contributed by atoms with Gasteiger partial charge in [0.1, 0.15) is 11.9 Å². The van der Waals surface area contributed by atoms with Crippen molar-refractivity contribution in [3.8, 4) is 6.07 Å². The Labute approximate surface area is 217 Å². The molecular formula is C29H33FN6O. The fourth-order valence-corrected chi connectivity index (χ4v) is 6.05. The second-order valence-electron chi connectivity index (χ2n) is 10.6. The molecule has 0 amide bonds. The number of halogens is 1. The molecule has 3 aliphatic rings. The predicted molar refractivity (Wildman–Crippen MR) is 143 cm³/mol. The number of benzene rings is 2. The van der Waals surface area contributed by atoms with Gasteiger partial charge in [0.2, 0.25) is 0 Å². The highest BCUT2D eigenvalue weighted by atomic mass is 19.1. The van der Waals surface area contributed by atoms with Gasteiger partial charge in [-0.1, -0.05) is 0 Å². The van der Waals surface area contributed by atoms with E-state index in [9.17, 15) is 5.26 Å². The van der Waals surface area contributed by atoms with Crippen molar-refractivity contribution in [2.45, 2.75) is 32.2 Å². The highest BCUT2D eigenvalue weighted by molar-refractivity contribution is 5.95. The van der Waals surface area contributed by atoms with Crippen molar-refractivity contribution in [2.75, 3.05) is 62.7 Å². The Morgan fingerprint density at radius 3 is 2.73 bits per heavy atom. The second-order valence-corrected chi connectivity index (χ2v) is 10.6. The molecule has 1 aromatic heterocycles. The van der Waals surface area contributed by atoms with E-state index < -0.39 is 0 Å². The lowest BCUT2D eigenvalue weighted by Gasteiger charge is -2.40. The van der Waals surface area contributed by atoms with Gasteiger partial charge in [0.25, 0.3) is 0 Å². The van der Waals surface area contributed by atoms with Gasteiger partial charge in [-0.15, -0.1) is 0 Å². The summed E-state index contributed by atoms with van der Waals surface area (Å²) in [5.74, 6) is -0.0926. The van der Waals surface area contributed by atoms with E-state index in [-0.39, 0.29) is 18.0 Å². The zero-order valence-corrected chi connectivity index (χ0v) is 21.5. The number of morpholine rings is 1. The largest absolute Gasteiger partial charge is 0.370 e. The quantitative estimate of drug-likeness (QED) is 0.543. The van der Waals surface area contributed by atoms with Gasteiger partial charge in [0, 0.05) is 87.4 Å². The number of anilines is 2. The molecule has 2 atom stereocenters. The van der Waals surface area contributed by atoms with Crippen LogP contribution in [0.15, 0.2) is 42.6 Å². The maximum atomic E-state index is 15.2. The maximum Gasteiger partial charge on any atom is 0.130 e. The third kappa shape index (κ3) is 4.75. The minimum atomic E-state index is -0.0926. The summed E-state index contributed by atoms with van der Waals surface area (Å²) in [5, 5.41) is 10.5. The van der Waals surface area contributed by atoms with E-state index in [1.54, 1.807) is 12.3 Å². The average molecular weight is 501 g/mol. The molecule has 3 aliphatic heterocycles. The van der Waals surface area contributed by atoms with E-state index in [0.29, 0.717) is 12.1 Å². The summed E-state index contributed by atoms with van der Waals surface area (Å²) in [7, 11) is 2.13. The van der Waals surface area contributed by atoms with E-state index in [4.69, 9.17) is 4.74 Å². The van der Waals surface area contributed by atoms with Gasteiger partial charge < -0.3 is 19.4 Å². The molecule has 4 heterocycles. The van der Waals surface area contributed by atoms with Crippen LogP contribution in [0.2, 0.25) is 0 Å². The van der Waals surface area contributed by atoms with E-state index >= 15 is 4.39 Å². The number of fused-ring (bicyclic) bond motifs is 2. The van der Waals surface area contributed by atoms with Crippen molar-refractivity contribution >= 4 is 22.3 Å². The fourth-order valence-electron chi connectivity index (χ4n) is 6.05. The van der Waals surface area contributed by atoms with E-state index in [2.05, 4.69) is 50.7 Å². The number of rotatable bonds is 4. The summed E-state index contributed by atoms with van der Waals surface area (Å²) in [4.78, 5) is 13.7. The summed E-state index contributed by atoms with van der Waals surface area (Å²) in [5.41, 5.74) is 5.32. The summed E-state index contributed by atoms with van der Waals surface area (Å²) in [6.07, 6.45) is 1.80. The van der Waals surface area contributed by atoms with Crippen molar-refractivity contribution < 1.29 is 9.13 Å². The predicted octanol–water partition coefficient (Wildman–Crippen LogP) is 3.61. The number of ether oxygens (including phenoxy) is 1. The van der Waals surface area contributed by atoms with Crippen LogP contribution in [-0.4, -0.2) is 79.9 Å². The minimum absolute atomic E-state index is 0.000547. The molecule has 0 unspecified atom stereocenters. The Kier molecular flexibility index (Phi) is 6.45. The van der Waals surface area contributed by atoms with Gasteiger partial charge >= 0.3 is 0 Å². The first-order valence-electron chi connectivity index (χ1n) is 13.1. The van der Waals surface area contributed by atoms with Crippen molar-refractivity contribution in [3.05, 3.63) is 65.1 Å². The monoisotopic (exact) mass is 500 g/mol. The number of piperazine rings is 1. The Morgan fingerprint density at radius 2 is 1.92 bits per heavy atom. The van der Waals surface area contributed by atoms with Crippen LogP contribution < -0.4 is 9.80 Å². The van der Waals surface area contributed by atoms with Crippen molar-refractivity contribution in [1.82, 2.24) is 14.8 Å². The Balaban J connectivity index is 1.17. The number of likely N-dealkylation sites (N-methyl/N-ethyl adjacent to an activating group) is 1. The molecule has 0 N–H and O–H groups in total. The molecular weight excluding hydrogens is 467 g/mol. The molecule has 0 saturated carbocycles. The highest BCUT2D eigenvalue weighted by Gasteiger charge is 2.31. The van der Waals surface area contributed by atoms with Crippen LogP contribution in [0.4, 0.5) is 15.8 Å². The molecule has 0 spiro atoms. The lowest BCUT2D eigenvalue weighted by molar-refractivity contribution is -0.0329. The van der Waals surface area contributed by atoms with Gasteiger partial charge in [-0.3, -0.25) is 9.88 Å². The standard InChI is InChI=1S/C29H33FN6O/c1-20-15-36(28-6-5-21(14-31)29-25(28)4-3-7-32-29)18-24(37-20)17-34-16-22-12-23(13-27(30)26(22)19-34)35-10-8-33(2)9-11-35/h3-7,12-13,20,24H,8-11,15-19H2,1-2H3/t20-,24+/m1/s1. The lowest BCUT2D eigenvalue weighted by atomic mass is 10.1. The molecule has 0 bridgehead atoms. The third-order valence-electron chi connectivity index (χ3n) is 7.91. The third-order valence-corrected chi connectivity index (χ3v) is 7.91. The van der Waals surface area contributed by atoms with E-state index in [1.807, 2.05) is 24.3 Å². The summed E-state index contributed by atoms with van der Waals surface area (Å²) in [6.45, 7) is 9.58. The topological polar surface area (TPSA) is 58.9 Å². The molecule has 37 heavy (non-hydrogen) atoms. The van der Waals surface area contributed by atoms with E-state index in [0.717, 1.165) is 85.8 Å². The first-order chi connectivity index (χ1) is 18.0. The zero-order chi connectivity index (χ0) is 25.5. The Hall–Kier alpha value is -3.25. The zero-order valence-electron chi connectivity index (χ0n) is 21.5. The Morgan fingerprint density at radius 1 is 1.08 bits per heavy atom. The molecule has 192 valence electrons. The summed E-state index contributed by atoms with van der Waals surface area (Å²) >= 11 is 0. The smallest absolute Gasteiger partial charge is 0.130 e. The van der Waals surface area contributed by atoms with Gasteiger partial charge in [-0.05, 0) is 55.9 Å². The lowest BCUT2D eigenvalue weighted by Crippen LogP contribution is -2.50. The van der Waals surface area contributed by atoms with Crippen LogP contribution in [0.25, 0.3) is 10.9 Å². The van der Waals surface area contributed by atoms with Crippen molar-refractivity contribution in [3.63, 3.8) is 0 Å².